The van der Waals surface area contributed by atoms with Crippen LogP contribution in [0.5, 0.6) is 0 Å². The van der Waals surface area contributed by atoms with Gasteiger partial charge in [0.25, 0.3) is 0 Å². The van der Waals surface area contributed by atoms with E-state index < -0.39 is 0 Å². The van der Waals surface area contributed by atoms with E-state index in [-0.39, 0.29) is 0 Å². The number of nitrogens with one attached hydrogen (secondary N) is 1. The zero-order chi connectivity index (χ0) is 13.9. The summed E-state index contributed by atoms with van der Waals surface area (Å²) in [4.78, 5) is 6.88. The van der Waals surface area contributed by atoms with Crippen LogP contribution >= 0.6 is 11.6 Å². The molecular weight excluding hydrogens is 270 g/mol. The first-order valence-corrected chi connectivity index (χ1v) is 7.68. The van der Waals surface area contributed by atoms with E-state index in [0.29, 0.717) is 11.1 Å². The fraction of sp³-hybridized carbons (Fsp3) is 0.438. The Morgan fingerprint density at radius 1 is 1.30 bits per heavy atom. The number of benzene rings is 1. The van der Waals surface area contributed by atoms with E-state index in [2.05, 4.69) is 34.3 Å². The summed E-state index contributed by atoms with van der Waals surface area (Å²) >= 11 is 6.21. The van der Waals surface area contributed by atoms with Crippen molar-refractivity contribution in [2.45, 2.75) is 25.8 Å². The Kier molecular flexibility index (Phi) is 4.08. The lowest BCUT2D eigenvalue weighted by atomic mass is 10.0. The molecule has 20 heavy (non-hydrogen) atoms. The molecule has 106 valence electrons. The molecule has 2 aromatic rings. The average Bonchev–Trinajstić information content (AvgIpc) is 2.51. The Hall–Kier alpha value is -1.32. The van der Waals surface area contributed by atoms with Gasteiger partial charge in [-0.05, 0) is 43.7 Å². The summed E-state index contributed by atoms with van der Waals surface area (Å²) in [5.41, 5.74) is 2.03. The average molecular weight is 290 g/mol. The molecule has 0 unspecified atom stereocenters. The molecule has 3 nitrogen and oxygen atoms in total. The van der Waals surface area contributed by atoms with Crippen LogP contribution in [0.3, 0.4) is 0 Å². The SMILES string of the molecule is CCN1CCC(Nc2ccc(Cl)c3ncccc23)CC1. The summed E-state index contributed by atoms with van der Waals surface area (Å²) in [6.45, 7) is 5.74. The van der Waals surface area contributed by atoms with E-state index in [4.69, 9.17) is 11.6 Å². The normalized spacial score (nSPS) is 17.5. The summed E-state index contributed by atoms with van der Waals surface area (Å²) in [5.74, 6) is 0. The van der Waals surface area contributed by atoms with Crippen molar-refractivity contribution < 1.29 is 0 Å². The Morgan fingerprint density at radius 3 is 2.85 bits per heavy atom. The maximum atomic E-state index is 6.21. The molecule has 0 saturated carbocycles. The predicted octanol–water partition coefficient (Wildman–Crippen LogP) is 3.78. The number of halogens is 1. The van der Waals surface area contributed by atoms with E-state index in [1.807, 2.05) is 12.1 Å². The first-order valence-electron chi connectivity index (χ1n) is 7.30. The standard InChI is InChI=1S/C16H20ClN3/c1-2-20-10-7-12(8-11-20)19-15-6-5-14(17)16-13(15)4-3-9-18-16/h3-6,9,12,19H,2,7-8,10-11H2,1H3. The summed E-state index contributed by atoms with van der Waals surface area (Å²) in [6, 6.07) is 8.59. The monoisotopic (exact) mass is 289 g/mol. The highest BCUT2D eigenvalue weighted by molar-refractivity contribution is 6.35. The van der Waals surface area contributed by atoms with Crippen LogP contribution in [0.1, 0.15) is 19.8 Å². The van der Waals surface area contributed by atoms with Crippen LogP contribution < -0.4 is 5.32 Å². The second-order valence-corrected chi connectivity index (χ2v) is 5.75. The molecule has 1 aromatic heterocycles. The van der Waals surface area contributed by atoms with Crippen molar-refractivity contribution in [1.29, 1.82) is 0 Å². The number of rotatable bonds is 3. The highest BCUT2D eigenvalue weighted by Crippen LogP contribution is 2.29. The molecule has 1 saturated heterocycles. The molecule has 0 spiro atoms. The predicted molar refractivity (Wildman–Crippen MR) is 85.5 cm³/mol. The number of piperidine rings is 1. The Bertz CT molecular complexity index is 591. The molecular formula is C16H20ClN3. The van der Waals surface area contributed by atoms with E-state index in [1.165, 1.54) is 25.9 Å². The molecule has 0 atom stereocenters. The number of hydrogen-bond donors (Lipinski definition) is 1. The van der Waals surface area contributed by atoms with Crippen LogP contribution in [0.15, 0.2) is 30.5 Å². The van der Waals surface area contributed by atoms with Gasteiger partial charge in [-0.1, -0.05) is 18.5 Å². The summed E-state index contributed by atoms with van der Waals surface area (Å²) in [6.07, 6.45) is 4.17. The van der Waals surface area contributed by atoms with Gasteiger partial charge in [0.05, 0.1) is 10.5 Å². The largest absolute Gasteiger partial charge is 0.382 e. The summed E-state index contributed by atoms with van der Waals surface area (Å²) in [5, 5.41) is 5.49. The number of likely N-dealkylation sites (tertiary alicyclic amines) is 1. The molecule has 1 aromatic carbocycles. The van der Waals surface area contributed by atoms with Crippen molar-refractivity contribution in [3.05, 3.63) is 35.5 Å². The molecule has 1 fully saturated rings. The molecule has 0 amide bonds. The molecule has 1 aliphatic rings. The third kappa shape index (κ3) is 2.74. The molecule has 2 heterocycles. The molecule has 3 rings (SSSR count). The molecule has 0 bridgehead atoms. The van der Waals surface area contributed by atoms with E-state index in [0.717, 1.165) is 23.1 Å². The van der Waals surface area contributed by atoms with Crippen molar-refractivity contribution in [2.24, 2.45) is 0 Å². The molecule has 1 aliphatic heterocycles. The second kappa shape index (κ2) is 5.98. The summed E-state index contributed by atoms with van der Waals surface area (Å²) in [7, 11) is 0. The second-order valence-electron chi connectivity index (χ2n) is 5.35. The Labute approximate surface area is 124 Å². The zero-order valence-corrected chi connectivity index (χ0v) is 12.5. The van der Waals surface area contributed by atoms with Gasteiger partial charge in [0.2, 0.25) is 0 Å². The lowest BCUT2D eigenvalue weighted by Gasteiger charge is -2.32. The van der Waals surface area contributed by atoms with Crippen molar-refractivity contribution >= 4 is 28.2 Å². The lowest BCUT2D eigenvalue weighted by Crippen LogP contribution is -2.38. The first-order chi connectivity index (χ1) is 9.78. The van der Waals surface area contributed by atoms with Crippen LogP contribution in [-0.4, -0.2) is 35.6 Å². The number of fused-ring (bicyclic) bond motifs is 1. The Balaban J connectivity index is 1.80. The van der Waals surface area contributed by atoms with Gasteiger partial charge in [0.15, 0.2) is 0 Å². The minimum Gasteiger partial charge on any atom is -0.382 e. The number of hydrogen-bond acceptors (Lipinski definition) is 3. The highest BCUT2D eigenvalue weighted by atomic mass is 35.5. The molecule has 1 N–H and O–H groups in total. The number of aromatic nitrogens is 1. The van der Waals surface area contributed by atoms with Crippen LogP contribution in [0.2, 0.25) is 5.02 Å². The first kappa shape index (κ1) is 13.7. The number of nitrogens with zero attached hydrogens (tertiary/aromatic N) is 2. The van der Waals surface area contributed by atoms with Crippen LogP contribution in [0.4, 0.5) is 5.69 Å². The number of anilines is 1. The van der Waals surface area contributed by atoms with Gasteiger partial charge in [-0.15, -0.1) is 0 Å². The van der Waals surface area contributed by atoms with Gasteiger partial charge in [-0.3, -0.25) is 4.98 Å². The zero-order valence-electron chi connectivity index (χ0n) is 11.8. The minimum atomic E-state index is 0.544. The lowest BCUT2D eigenvalue weighted by molar-refractivity contribution is 0.229. The van der Waals surface area contributed by atoms with E-state index >= 15 is 0 Å². The van der Waals surface area contributed by atoms with Crippen molar-refractivity contribution in [1.82, 2.24) is 9.88 Å². The third-order valence-corrected chi connectivity index (χ3v) is 4.42. The van der Waals surface area contributed by atoms with Gasteiger partial charge >= 0.3 is 0 Å². The van der Waals surface area contributed by atoms with Crippen molar-refractivity contribution in [2.75, 3.05) is 25.0 Å². The van der Waals surface area contributed by atoms with Crippen molar-refractivity contribution in [3.63, 3.8) is 0 Å². The third-order valence-electron chi connectivity index (χ3n) is 4.11. The molecule has 0 radical (unpaired) electrons. The maximum Gasteiger partial charge on any atom is 0.0908 e. The van der Waals surface area contributed by atoms with Crippen LogP contribution in [-0.2, 0) is 0 Å². The minimum absolute atomic E-state index is 0.544. The summed E-state index contributed by atoms with van der Waals surface area (Å²) < 4.78 is 0. The van der Waals surface area contributed by atoms with Crippen LogP contribution in [0, 0.1) is 0 Å². The van der Waals surface area contributed by atoms with E-state index in [1.54, 1.807) is 6.20 Å². The fourth-order valence-electron chi connectivity index (χ4n) is 2.88. The molecule has 4 heteroatoms. The van der Waals surface area contributed by atoms with Gasteiger partial charge in [-0.25, -0.2) is 0 Å². The highest BCUT2D eigenvalue weighted by Gasteiger charge is 2.18. The van der Waals surface area contributed by atoms with Gasteiger partial charge < -0.3 is 10.2 Å². The van der Waals surface area contributed by atoms with Gasteiger partial charge in [0.1, 0.15) is 0 Å². The Morgan fingerprint density at radius 2 is 2.10 bits per heavy atom. The van der Waals surface area contributed by atoms with Gasteiger partial charge in [0, 0.05) is 36.4 Å². The maximum absolute atomic E-state index is 6.21. The van der Waals surface area contributed by atoms with E-state index in [9.17, 15) is 0 Å². The van der Waals surface area contributed by atoms with Gasteiger partial charge in [-0.2, -0.15) is 0 Å². The number of pyridine rings is 1. The van der Waals surface area contributed by atoms with Crippen LogP contribution in [0.25, 0.3) is 10.9 Å². The quantitative estimate of drug-likeness (QED) is 0.932. The topological polar surface area (TPSA) is 28.2 Å². The molecule has 0 aliphatic carbocycles. The van der Waals surface area contributed by atoms with Crippen molar-refractivity contribution in [3.8, 4) is 0 Å². The fourth-order valence-corrected chi connectivity index (χ4v) is 3.09. The smallest absolute Gasteiger partial charge is 0.0908 e.